The number of nitrogens with zero attached hydrogens (tertiary/aromatic N) is 4. The molecule has 1 amide bonds. The second kappa shape index (κ2) is 6.47. The number of thiazole rings is 1. The van der Waals surface area contributed by atoms with Crippen LogP contribution < -0.4 is 5.32 Å². The molecule has 0 aliphatic rings. The molecule has 0 spiro atoms. The quantitative estimate of drug-likeness (QED) is 0.456. The van der Waals surface area contributed by atoms with Crippen LogP contribution in [0.1, 0.15) is 21.9 Å². The largest absolute Gasteiger partial charge is 0.351 e. The number of aromatic nitrogens is 4. The van der Waals surface area contributed by atoms with E-state index in [4.69, 9.17) is 0 Å². The van der Waals surface area contributed by atoms with Crippen molar-refractivity contribution in [1.82, 2.24) is 24.3 Å². The van der Waals surface area contributed by atoms with Gasteiger partial charge in [0.2, 0.25) is 0 Å². The Labute approximate surface area is 163 Å². The van der Waals surface area contributed by atoms with Crippen molar-refractivity contribution in [3.63, 3.8) is 0 Å². The highest BCUT2D eigenvalue weighted by atomic mass is 32.1. The van der Waals surface area contributed by atoms with E-state index in [2.05, 4.69) is 25.9 Å². The smallest absolute Gasteiger partial charge is 0.261 e. The number of para-hydroxylation sites is 2. The monoisotopic (exact) mass is 395 g/mol. The van der Waals surface area contributed by atoms with Crippen LogP contribution in [0, 0.1) is 6.92 Å². The molecule has 1 N–H and O–H groups in total. The molecule has 0 saturated carbocycles. The predicted molar refractivity (Wildman–Crippen MR) is 110 cm³/mol. The molecule has 0 aliphatic carbocycles. The minimum Gasteiger partial charge on any atom is -0.351 e. The first-order chi connectivity index (χ1) is 13.2. The minimum atomic E-state index is -0.0332. The lowest BCUT2D eigenvalue weighted by atomic mass is 10.3. The van der Waals surface area contributed by atoms with Crippen LogP contribution in [0.2, 0.25) is 0 Å². The summed E-state index contributed by atoms with van der Waals surface area (Å²) in [5, 5.41) is 5.03. The van der Waals surface area contributed by atoms with E-state index in [1.165, 1.54) is 11.3 Å². The molecule has 0 saturated heterocycles. The van der Waals surface area contributed by atoms with E-state index in [9.17, 15) is 4.79 Å². The number of amides is 1. The van der Waals surface area contributed by atoms with Gasteiger partial charge >= 0.3 is 0 Å². The molecule has 1 aromatic carbocycles. The Morgan fingerprint density at radius 2 is 2.11 bits per heavy atom. The molecule has 5 aromatic rings. The van der Waals surface area contributed by atoms with Crippen molar-refractivity contribution >= 4 is 54.9 Å². The third-order valence-corrected chi connectivity index (χ3v) is 6.43. The SMILES string of the molecule is Cc1nc2ccccc2n1CCCNC(=O)c1cc2c(nc3sccn32)s1. The number of carbonyl (C=O) groups excluding carboxylic acids is 1. The zero-order valence-corrected chi connectivity index (χ0v) is 16.3. The van der Waals surface area contributed by atoms with Gasteiger partial charge in [0.25, 0.3) is 5.91 Å². The van der Waals surface area contributed by atoms with E-state index >= 15 is 0 Å². The summed E-state index contributed by atoms with van der Waals surface area (Å²) in [4.78, 5) is 24.2. The number of imidazole rings is 2. The molecule has 0 fully saturated rings. The first-order valence-corrected chi connectivity index (χ1v) is 10.5. The number of hydrogen-bond acceptors (Lipinski definition) is 5. The lowest BCUT2D eigenvalue weighted by Crippen LogP contribution is -2.24. The Morgan fingerprint density at radius 1 is 1.22 bits per heavy atom. The van der Waals surface area contributed by atoms with Crippen LogP contribution >= 0.6 is 22.7 Å². The average molecular weight is 396 g/mol. The molecule has 0 radical (unpaired) electrons. The maximum absolute atomic E-state index is 12.5. The fourth-order valence-corrected chi connectivity index (χ4v) is 5.08. The van der Waals surface area contributed by atoms with Gasteiger partial charge in [0.1, 0.15) is 10.7 Å². The Morgan fingerprint density at radius 3 is 3.04 bits per heavy atom. The summed E-state index contributed by atoms with van der Waals surface area (Å²) in [6.07, 6.45) is 2.84. The molecule has 27 heavy (non-hydrogen) atoms. The highest BCUT2D eigenvalue weighted by molar-refractivity contribution is 7.21. The highest BCUT2D eigenvalue weighted by Gasteiger charge is 2.15. The number of fused-ring (bicyclic) bond motifs is 4. The number of carbonyl (C=O) groups is 1. The second-order valence-corrected chi connectivity index (χ2v) is 8.28. The molecule has 0 aliphatic heterocycles. The summed E-state index contributed by atoms with van der Waals surface area (Å²) in [6.45, 7) is 3.48. The molecule has 0 atom stereocenters. The van der Waals surface area contributed by atoms with Gasteiger partial charge in [-0.05, 0) is 31.5 Å². The van der Waals surface area contributed by atoms with Gasteiger partial charge in [-0.25, -0.2) is 9.97 Å². The highest BCUT2D eigenvalue weighted by Crippen LogP contribution is 2.28. The molecular formula is C19H17N5OS2. The maximum Gasteiger partial charge on any atom is 0.261 e. The van der Waals surface area contributed by atoms with E-state index in [0.717, 1.165) is 45.1 Å². The standard InChI is InChI=1S/C19H17N5OS2/c1-12-21-13-5-2-3-6-14(13)23(12)8-4-7-20-17(25)16-11-15-18(27-16)22-19-24(15)9-10-26-19/h2-3,5-6,9-11H,4,7-8H2,1H3,(H,20,25). The van der Waals surface area contributed by atoms with E-state index in [0.29, 0.717) is 11.4 Å². The van der Waals surface area contributed by atoms with Gasteiger partial charge in [-0.1, -0.05) is 12.1 Å². The van der Waals surface area contributed by atoms with Crippen LogP contribution in [-0.2, 0) is 6.54 Å². The lowest BCUT2D eigenvalue weighted by Gasteiger charge is -2.07. The number of aryl methyl sites for hydroxylation is 2. The fourth-order valence-electron chi connectivity index (χ4n) is 3.36. The zero-order valence-electron chi connectivity index (χ0n) is 14.7. The molecule has 5 rings (SSSR count). The van der Waals surface area contributed by atoms with Crippen molar-refractivity contribution in [1.29, 1.82) is 0 Å². The summed E-state index contributed by atoms with van der Waals surface area (Å²) in [6, 6.07) is 10.1. The van der Waals surface area contributed by atoms with Gasteiger partial charge in [-0.3, -0.25) is 9.20 Å². The van der Waals surface area contributed by atoms with Gasteiger partial charge in [-0.2, -0.15) is 0 Å². The van der Waals surface area contributed by atoms with Crippen LogP contribution in [0.25, 0.3) is 26.3 Å². The number of thiophene rings is 1. The molecule has 136 valence electrons. The maximum atomic E-state index is 12.5. The Hall–Kier alpha value is -2.71. The topological polar surface area (TPSA) is 64.2 Å². The van der Waals surface area contributed by atoms with Gasteiger partial charge < -0.3 is 9.88 Å². The molecule has 4 heterocycles. The summed E-state index contributed by atoms with van der Waals surface area (Å²) in [7, 11) is 0. The van der Waals surface area contributed by atoms with Crippen molar-refractivity contribution in [2.75, 3.05) is 6.54 Å². The van der Waals surface area contributed by atoms with Gasteiger partial charge in [0.05, 0.1) is 21.4 Å². The summed E-state index contributed by atoms with van der Waals surface area (Å²) in [5.41, 5.74) is 3.16. The van der Waals surface area contributed by atoms with Crippen molar-refractivity contribution in [2.24, 2.45) is 0 Å². The average Bonchev–Trinajstić information content (AvgIpc) is 3.39. The van der Waals surface area contributed by atoms with Crippen molar-refractivity contribution in [2.45, 2.75) is 19.9 Å². The Balaban J connectivity index is 1.24. The van der Waals surface area contributed by atoms with Gasteiger partial charge in [-0.15, -0.1) is 22.7 Å². The van der Waals surface area contributed by atoms with E-state index in [1.807, 2.05) is 47.2 Å². The van der Waals surface area contributed by atoms with E-state index in [-0.39, 0.29) is 5.91 Å². The van der Waals surface area contributed by atoms with E-state index < -0.39 is 0 Å². The van der Waals surface area contributed by atoms with E-state index in [1.54, 1.807) is 11.3 Å². The third kappa shape index (κ3) is 2.81. The molecule has 0 unspecified atom stereocenters. The molecular weight excluding hydrogens is 378 g/mol. The van der Waals surface area contributed by atoms with Crippen LogP contribution in [0.3, 0.4) is 0 Å². The molecule has 8 heteroatoms. The number of hydrogen-bond donors (Lipinski definition) is 1. The summed E-state index contributed by atoms with van der Waals surface area (Å²) < 4.78 is 4.23. The molecule has 0 bridgehead atoms. The number of nitrogens with one attached hydrogen (secondary N) is 1. The van der Waals surface area contributed by atoms with Crippen LogP contribution in [0.4, 0.5) is 0 Å². The third-order valence-electron chi connectivity index (χ3n) is 4.65. The zero-order chi connectivity index (χ0) is 18.4. The van der Waals surface area contributed by atoms with Crippen molar-refractivity contribution < 1.29 is 4.79 Å². The van der Waals surface area contributed by atoms with Gasteiger partial charge in [0.15, 0.2) is 4.96 Å². The van der Waals surface area contributed by atoms with Crippen LogP contribution in [0.15, 0.2) is 41.9 Å². The lowest BCUT2D eigenvalue weighted by molar-refractivity contribution is 0.0957. The second-order valence-electron chi connectivity index (χ2n) is 6.38. The fraction of sp³-hybridized carbons (Fsp3) is 0.211. The van der Waals surface area contributed by atoms with Crippen LogP contribution in [-0.4, -0.2) is 31.4 Å². The number of rotatable bonds is 5. The Bertz CT molecular complexity index is 1280. The summed E-state index contributed by atoms with van der Waals surface area (Å²) in [5.74, 6) is 0.969. The molecule has 4 aromatic heterocycles. The Kier molecular flexibility index (Phi) is 3.95. The van der Waals surface area contributed by atoms with Crippen molar-refractivity contribution in [3.05, 3.63) is 52.6 Å². The number of benzene rings is 1. The molecule has 6 nitrogen and oxygen atoms in total. The predicted octanol–water partition coefficient (Wildman–Crippen LogP) is 4.09. The first-order valence-electron chi connectivity index (χ1n) is 8.76. The van der Waals surface area contributed by atoms with Crippen LogP contribution in [0.5, 0.6) is 0 Å². The normalized spacial score (nSPS) is 11.7. The van der Waals surface area contributed by atoms with Crippen molar-refractivity contribution in [3.8, 4) is 0 Å². The summed E-state index contributed by atoms with van der Waals surface area (Å²) >= 11 is 3.04. The van der Waals surface area contributed by atoms with Gasteiger partial charge in [0, 0.05) is 24.7 Å². The minimum absolute atomic E-state index is 0.0332. The first kappa shape index (κ1) is 16.5.